The van der Waals surface area contributed by atoms with Gasteiger partial charge in [-0.25, -0.2) is 4.99 Å². The summed E-state index contributed by atoms with van der Waals surface area (Å²) in [5.74, 6) is 2.62. The van der Waals surface area contributed by atoms with E-state index in [0.29, 0.717) is 23.8 Å². The molecule has 6 nitrogen and oxygen atoms in total. The van der Waals surface area contributed by atoms with E-state index in [-0.39, 0.29) is 0 Å². The van der Waals surface area contributed by atoms with Crippen molar-refractivity contribution < 1.29 is 14.2 Å². The van der Waals surface area contributed by atoms with Crippen molar-refractivity contribution in [2.75, 3.05) is 34.4 Å². The highest BCUT2D eigenvalue weighted by Gasteiger charge is 2.13. The lowest BCUT2D eigenvalue weighted by molar-refractivity contribution is 0.324. The van der Waals surface area contributed by atoms with Gasteiger partial charge in [-0.05, 0) is 43.5 Å². The van der Waals surface area contributed by atoms with E-state index < -0.39 is 0 Å². The van der Waals surface area contributed by atoms with Crippen LogP contribution in [0.1, 0.15) is 23.6 Å². The van der Waals surface area contributed by atoms with Crippen molar-refractivity contribution in [1.82, 2.24) is 10.6 Å². The first-order valence-corrected chi connectivity index (χ1v) is 9.47. The molecule has 0 bridgehead atoms. The number of hydrogen-bond acceptors (Lipinski definition) is 4. The van der Waals surface area contributed by atoms with Crippen molar-refractivity contribution in [2.24, 2.45) is 4.99 Å². The van der Waals surface area contributed by atoms with E-state index in [1.165, 1.54) is 11.1 Å². The maximum Gasteiger partial charge on any atom is 0.203 e. The highest BCUT2D eigenvalue weighted by Crippen LogP contribution is 2.38. The van der Waals surface area contributed by atoms with E-state index in [1.807, 2.05) is 12.1 Å². The molecule has 0 saturated carbocycles. The van der Waals surface area contributed by atoms with Crippen LogP contribution in [0.3, 0.4) is 0 Å². The Morgan fingerprint density at radius 1 is 0.893 bits per heavy atom. The Morgan fingerprint density at radius 2 is 1.54 bits per heavy atom. The predicted molar refractivity (Wildman–Crippen MR) is 114 cm³/mol. The standard InChI is InChI=1S/C22H31N3O3/c1-6-23-22(24-12-11-17-9-7-16(2)8-10-17)25-15-18-13-19(26-3)21(28-5)20(14-18)27-4/h7-10,13-14H,6,11-12,15H2,1-5H3,(H2,23,24,25). The first-order chi connectivity index (χ1) is 13.6. The molecule has 2 N–H and O–H groups in total. The van der Waals surface area contributed by atoms with Gasteiger partial charge in [0.1, 0.15) is 0 Å². The summed E-state index contributed by atoms with van der Waals surface area (Å²) in [6.45, 7) is 6.25. The third-order valence-electron chi connectivity index (χ3n) is 4.32. The summed E-state index contributed by atoms with van der Waals surface area (Å²) in [7, 11) is 4.82. The van der Waals surface area contributed by atoms with Crippen molar-refractivity contribution in [2.45, 2.75) is 26.8 Å². The van der Waals surface area contributed by atoms with Crippen LogP contribution in [0, 0.1) is 6.92 Å². The minimum Gasteiger partial charge on any atom is -0.493 e. The summed E-state index contributed by atoms with van der Waals surface area (Å²) in [6.07, 6.45) is 0.939. The van der Waals surface area contributed by atoms with Gasteiger partial charge >= 0.3 is 0 Å². The molecule has 0 heterocycles. The van der Waals surface area contributed by atoms with Crippen LogP contribution in [0.2, 0.25) is 0 Å². The van der Waals surface area contributed by atoms with Crippen LogP contribution in [0.25, 0.3) is 0 Å². The molecular weight excluding hydrogens is 354 g/mol. The fraction of sp³-hybridized carbons (Fsp3) is 0.409. The molecule has 0 amide bonds. The molecule has 0 spiro atoms. The topological polar surface area (TPSA) is 64.1 Å². The molecule has 0 aromatic heterocycles. The zero-order valence-corrected chi connectivity index (χ0v) is 17.5. The maximum atomic E-state index is 5.41. The van der Waals surface area contributed by atoms with Crippen molar-refractivity contribution in [3.05, 3.63) is 53.1 Å². The first kappa shape index (κ1) is 21.4. The zero-order valence-electron chi connectivity index (χ0n) is 17.5. The van der Waals surface area contributed by atoms with Gasteiger partial charge in [-0.1, -0.05) is 29.8 Å². The van der Waals surface area contributed by atoms with Crippen LogP contribution in [-0.2, 0) is 13.0 Å². The quantitative estimate of drug-likeness (QED) is 0.512. The Bertz CT molecular complexity index is 748. The normalized spacial score (nSPS) is 11.1. The molecule has 0 fully saturated rings. The van der Waals surface area contributed by atoms with Crippen LogP contribution >= 0.6 is 0 Å². The molecule has 0 radical (unpaired) electrons. The average Bonchev–Trinajstić information content (AvgIpc) is 2.72. The van der Waals surface area contributed by atoms with Gasteiger partial charge in [0.15, 0.2) is 17.5 Å². The zero-order chi connectivity index (χ0) is 20.4. The van der Waals surface area contributed by atoms with E-state index in [2.05, 4.69) is 53.7 Å². The molecule has 0 aliphatic heterocycles. The number of nitrogens with zero attached hydrogens (tertiary/aromatic N) is 1. The molecule has 0 unspecified atom stereocenters. The monoisotopic (exact) mass is 385 g/mol. The number of nitrogens with one attached hydrogen (secondary N) is 2. The van der Waals surface area contributed by atoms with Crippen LogP contribution in [-0.4, -0.2) is 40.4 Å². The number of rotatable bonds is 9. The molecule has 0 aliphatic rings. The van der Waals surface area contributed by atoms with Crippen molar-refractivity contribution >= 4 is 5.96 Å². The minimum absolute atomic E-state index is 0.497. The SMILES string of the molecule is CCNC(=NCc1cc(OC)c(OC)c(OC)c1)NCCc1ccc(C)cc1. The smallest absolute Gasteiger partial charge is 0.203 e. The highest BCUT2D eigenvalue weighted by molar-refractivity contribution is 5.79. The summed E-state index contributed by atoms with van der Waals surface area (Å²) >= 11 is 0. The molecule has 0 atom stereocenters. The van der Waals surface area contributed by atoms with Gasteiger partial charge in [0, 0.05) is 13.1 Å². The van der Waals surface area contributed by atoms with Gasteiger partial charge in [-0.2, -0.15) is 0 Å². The van der Waals surface area contributed by atoms with Crippen LogP contribution in [0.5, 0.6) is 17.2 Å². The summed E-state index contributed by atoms with van der Waals surface area (Å²) in [4.78, 5) is 4.68. The lowest BCUT2D eigenvalue weighted by Gasteiger charge is -2.14. The Hall–Kier alpha value is -2.89. The molecule has 152 valence electrons. The number of methoxy groups -OCH3 is 3. The molecule has 2 rings (SSSR count). The minimum atomic E-state index is 0.497. The fourth-order valence-electron chi connectivity index (χ4n) is 2.82. The van der Waals surface area contributed by atoms with Gasteiger partial charge < -0.3 is 24.8 Å². The van der Waals surface area contributed by atoms with E-state index in [0.717, 1.165) is 31.0 Å². The second kappa shape index (κ2) is 11.1. The Balaban J connectivity index is 2.04. The lowest BCUT2D eigenvalue weighted by atomic mass is 10.1. The molecular formula is C22H31N3O3. The van der Waals surface area contributed by atoms with Crippen LogP contribution < -0.4 is 24.8 Å². The second-order valence-electron chi connectivity index (χ2n) is 6.39. The van der Waals surface area contributed by atoms with Gasteiger partial charge in [0.25, 0.3) is 0 Å². The number of benzene rings is 2. The van der Waals surface area contributed by atoms with E-state index >= 15 is 0 Å². The lowest BCUT2D eigenvalue weighted by Crippen LogP contribution is -2.38. The summed E-state index contributed by atoms with van der Waals surface area (Å²) < 4.78 is 16.2. The average molecular weight is 386 g/mol. The summed E-state index contributed by atoms with van der Waals surface area (Å²) in [6, 6.07) is 12.4. The Morgan fingerprint density at radius 3 is 2.07 bits per heavy atom. The molecule has 6 heteroatoms. The molecule has 2 aromatic rings. The van der Waals surface area contributed by atoms with E-state index in [1.54, 1.807) is 21.3 Å². The Kier molecular flexibility index (Phi) is 8.46. The second-order valence-corrected chi connectivity index (χ2v) is 6.39. The van der Waals surface area contributed by atoms with Crippen molar-refractivity contribution in [3.63, 3.8) is 0 Å². The van der Waals surface area contributed by atoms with Crippen LogP contribution in [0.15, 0.2) is 41.4 Å². The highest BCUT2D eigenvalue weighted by atomic mass is 16.5. The third kappa shape index (κ3) is 6.08. The van der Waals surface area contributed by atoms with Gasteiger partial charge in [-0.3, -0.25) is 0 Å². The van der Waals surface area contributed by atoms with Gasteiger partial charge in [0.2, 0.25) is 5.75 Å². The van der Waals surface area contributed by atoms with Gasteiger partial charge in [-0.15, -0.1) is 0 Å². The van der Waals surface area contributed by atoms with E-state index in [4.69, 9.17) is 14.2 Å². The molecule has 0 aliphatic carbocycles. The van der Waals surface area contributed by atoms with Crippen molar-refractivity contribution in [1.29, 1.82) is 0 Å². The third-order valence-corrected chi connectivity index (χ3v) is 4.32. The van der Waals surface area contributed by atoms with Crippen LogP contribution in [0.4, 0.5) is 0 Å². The van der Waals surface area contributed by atoms with Gasteiger partial charge in [0.05, 0.1) is 27.9 Å². The molecule has 2 aromatic carbocycles. The first-order valence-electron chi connectivity index (χ1n) is 9.47. The fourth-order valence-corrected chi connectivity index (χ4v) is 2.82. The number of hydrogen-bond donors (Lipinski definition) is 2. The number of guanidine groups is 1. The predicted octanol–water partition coefficient (Wildman–Crippen LogP) is 3.32. The number of aliphatic imine (C=N–C) groups is 1. The van der Waals surface area contributed by atoms with E-state index in [9.17, 15) is 0 Å². The summed E-state index contributed by atoms with van der Waals surface area (Å²) in [5.41, 5.74) is 3.56. The molecule has 0 saturated heterocycles. The maximum absolute atomic E-state index is 5.41. The Labute approximate surface area is 167 Å². The summed E-state index contributed by atoms with van der Waals surface area (Å²) in [5, 5.41) is 6.67. The number of aryl methyl sites for hydroxylation is 1. The largest absolute Gasteiger partial charge is 0.493 e. The van der Waals surface area contributed by atoms with Crippen molar-refractivity contribution in [3.8, 4) is 17.2 Å². The molecule has 28 heavy (non-hydrogen) atoms. The number of ether oxygens (including phenoxy) is 3.